The summed E-state index contributed by atoms with van der Waals surface area (Å²) in [5, 5.41) is 4.52. The molecule has 6 aromatic rings. The fourth-order valence-electron chi connectivity index (χ4n) is 10.3. The predicted octanol–water partition coefficient (Wildman–Crippen LogP) is 7.94. The smallest absolute Gasteiger partial charge is 0.295 e. The molecule has 4 aromatic heterocycles. The lowest BCUT2D eigenvalue weighted by Gasteiger charge is -2.32. The Kier molecular flexibility index (Phi) is 18.4. The molecule has 74 heavy (non-hydrogen) atoms. The summed E-state index contributed by atoms with van der Waals surface area (Å²) in [5.74, 6) is -0.544. The number of ether oxygens (including phenoxy) is 4. The lowest BCUT2D eigenvalue weighted by Crippen LogP contribution is -2.39. The van der Waals surface area contributed by atoms with Crippen LogP contribution in [-0.4, -0.2) is 138 Å². The molecule has 394 valence electrons. The van der Waals surface area contributed by atoms with Gasteiger partial charge in [-0.2, -0.15) is 9.97 Å². The topological polar surface area (TPSA) is 163 Å². The first-order valence-electron chi connectivity index (χ1n) is 25.7. The lowest BCUT2D eigenvalue weighted by molar-refractivity contribution is -0.125. The molecule has 3 amide bonds. The van der Waals surface area contributed by atoms with Crippen molar-refractivity contribution in [3.8, 4) is 11.8 Å². The molecule has 4 fully saturated rings. The monoisotopic (exact) mass is 1020 g/mol. The Bertz CT molecular complexity index is 2860. The molecule has 8 heterocycles. The largest absolute Gasteiger partial charge is 0.480 e. The molecule has 0 bridgehead atoms. The van der Waals surface area contributed by atoms with E-state index in [1.165, 1.54) is 71.5 Å². The van der Waals surface area contributed by atoms with Gasteiger partial charge in [-0.15, -0.1) is 0 Å². The molecule has 1 N–H and O–H groups in total. The van der Waals surface area contributed by atoms with Crippen molar-refractivity contribution in [3.63, 3.8) is 0 Å². The number of rotatable bonds is 14. The van der Waals surface area contributed by atoms with Crippen molar-refractivity contribution in [3.05, 3.63) is 119 Å². The van der Waals surface area contributed by atoms with Crippen LogP contribution in [0.3, 0.4) is 0 Å². The maximum atomic E-state index is 13.7. The van der Waals surface area contributed by atoms with Crippen LogP contribution >= 0.6 is 0 Å². The fraction of sp³-hybridized carbons (Fsp3) is 0.464. The standard InChI is InChI=1S/C29H33FN4O5.C23H26FN3O3.C4H9N/c1-38-18-34-17-24(25(35)29(37)32-11-3-4-12-32)22-16-23(27(39-2)31-26(22)34)28(36)33-13-9-20(10-14-33)15-19-5-7-21(30)8-6-19;1-29-15-27-12-9-18-14-20(22(30-2)25-21(18)27)23(28)26-10-7-17(8-11-26)13-16-3-5-19(24)6-4-16;1-2-4-5-3-1/h5-8,16-17,20H,3-4,9-15,18H2,1-2H3;3-6,9,12,14,17H,7-8,10-11,13,15H2,1-2H3;5H,1-4H2. The average molecular weight is 1020 g/mol. The van der Waals surface area contributed by atoms with Crippen LogP contribution in [0.25, 0.3) is 22.1 Å². The quantitative estimate of drug-likeness (QED) is 0.0833. The van der Waals surface area contributed by atoms with E-state index in [4.69, 9.17) is 18.9 Å². The zero-order valence-electron chi connectivity index (χ0n) is 43.0. The molecule has 18 heteroatoms. The third-order valence-corrected chi connectivity index (χ3v) is 14.4. The average Bonchev–Trinajstić information content (AvgIpc) is 4.30. The minimum atomic E-state index is -0.622. The summed E-state index contributed by atoms with van der Waals surface area (Å²) in [4.78, 5) is 67.4. The van der Waals surface area contributed by atoms with Crippen molar-refractivity contribution in [2.24, 2.45) is 11.8 Å². The van der Waals surface area contributed by atoms with E-state index in [0.717, 1.165) is 73.5 Å². The van der Waals surface area contributed by atoms with E-state index in [1.54, 1.807) is 33.7 Å². The van der Waals surface area contributed by atoms with Gasteiger partial charge in [0.05, 0.1) is 19.8 Å². The van der Waals surface area contributed by atoms with Crippen molar-refractivity contribution in [2.75, 3.05) is 80.8 Å². The number of hydrogen-bond donors (Lipinski definition) is 1. The molecule has 4 aliphatic rings. The third-order valence-electron chi connectivity index (χ3n) is 14.4. The van der Waals surface area contributed by atoms with Crippen LogP contribution < -0.4 is 14.8 Å². The maximum absolute atomic E-state index is 13.7. The molecule has 16 nitrogen and oxygen atoms in total. The SMILES string of the molecule is C1CCNC1.COCn1cc(C(=O)C(=O)N2CCCC2)c2cc(C(=O)N3CCC(Cc4ccc(F)cc4)CC3)c(OC)nc21.COCn1ccc2cc(C(=O)N3CCC(Cc4ccc(F)cc4)CC3)c(OC)nc21. The minimum Gasteiger partial charge on any atom is -0.480 e. The van der Waals surface area contributed by atoms with Crippen molar-refractivity contribution in [1.82, 2.24) is 39.1 Å². The number of amides is 3. The molecule has 0 spiro atoms. The number of Topliss-reactive ketones (excluding diaryl/α,β-unsaturated/α-hetero) is 1. The summed E-state index contributed by atoms with van der Waals surface area (Å²) in [6, 6.07) is 18.6. The van der Waals surface area contributed by atoms with E-state index in [2.05, 4.69) is 15.3 Å². The lowest BCUT2D eigenvalue weighted by atomic mass is 9.90. The minimum absolute atomic E-state index is 0.0547. The molecule has 0 radical (unpaired) electrons. The summed E-state index contributed by atoms with van der Waals surface area (Å²) in [5.41, 5.74) is 4.28. The van der Waals surface area contributed by atoms with Gasteiger partial charge < -0.3 is 48.1 Å². The van der Waals surface area contributed by atoms with Crippen LogP contribution in [0, 0.1) is 23.5 Å². The highest BCUT2D eigenvalue weighted by Crippen LogP contribution is 2.32. The van der Waals surface area contributed by atoms with Crippen molar-refractivity contribution in [2.45, 2.75) is 77.7 Å². The van der Waals surface area contributed by atoms with Crippen LogP contribution in [0.4, 0.5) is 8.78 Å². The normalized spacial score (nSPS) is 16.2. The molecule has 10 rings (SSSR count). The van der Waals surface area contributed by atoms with Crippen LogP contribution in [0.5, 0.6) is 11.8 Å². The molecule has 4 aliphatic heterocycles. The van der Waals surface area contributed by atoms with Gasteiger partial charge in [-0.1, -0.05) is 24.3 Å². The first kappa shape index (κ1) is 53.5. The van der Waals surface area contributed by atoms with Crippen molar-refractivity contribution < 1.29 is 46.9 Å². The summed E-state index contributed by atoms with van der Waals surface area (Å²) < 4.78 is 51.2. The number of likely N-dealkylation sites (tertiary alicyclic amines) is 3. The number of methoxy groups -OCH3 is 4. The van der Waals surface area contributed by atoms with Gasteiger partial charge in [-0.05, 0) is 143 Å². The highest BCUT2D eigenvalue weighted by Gasteiger charge is 2.32. The van der Waals surface area contributed by atoms with Crippen molar-refractivity contribution >= 4 is 45.6 Å². The molecule has 0 atom stereocenters. The molecule has 0 aliphatic carbocycles. The Balaban J connectivity index is 0.000000185. The second-order valence-electron chi connectivity index (χ2n) is 19.4. The van der Waals surface area contributed by atoms with Crippen LogP contribution in [-0.2, 0) is 40.6 Å². The van der Waals surface area contributed by atoms with Crippen LogP contribution in [0.2, 0.25) is 0 Å². The first-order chi connectivity index (χ1) is 36.0. The molecule has 0 saturated carbocycles. The Morgan fingerprint density at radius 2 is 1.07 bits per heavy atom. The van der Waals surface area contributed by atoms with Gasteiger partial charge in [0.1, 0.15) is 47.5 Å². The second-order valence-corrected chi connectivity index (χ2v) is 19.4. The number of nitrogens with one attached hydrogen (secondary N) is 1. The predicted molar refractivity (Wildman–Crippen MR) is 276 cm³/mol. The van der Waals surface area contributed by atoms with Crippen LogP contribution in [0.15, 0.2) is 79.1 Å². The maximum Gasteiger partial charge on any atom is 0.295 e. The van der Waals surface area contributed by atoms with Gasteiger partial charge in [0, 0.05) is 76.7 Å². The second kappa shape index (κ2) is 25.5. The van der Waals surface area contributed by atoms with E-state index in [1.807, 2.05) is 52.1 Å². The number of benzene rings is 2. The zero-order chi connectivity index (χ0) is 52.1. The summed E-state index contributed by atoms with van der Waals surface area (Å²) in [7, 11) is 6.13. The molecular formula is C56H68F2N8O8. The van der Waals surface area contributed by atoms with E-state index in [-0.39, 0.29) is 47.2 Å². The molecule has 4 saturated heterocycles. The summed E-state index contributed by atoms with van der Waals surface area (Å²) in [6.07, 6.45) is 13.2. The van der Waals surface area contributed by atoms with Crippen molar-refractivity contribution in [1.29, 1.82) is 0 Å². The number of fused-ring (bicyclic) bond motifs is 2. The van der Waals surface area contributed by atoms with Crippen LogP contribution in [0.1, 0.15) is 93.6 Å². The Morgan fingerprint density at radius 3 is 1.54 bits per heavy atom. The van der Waals surface area contributed by atoms with E-state index >= 15 is 0 Å². The number of carbonyl (C=O) groups is 4. The fourth-order valence-corrected chi connectivity index (χ4v) is 10.3. The Hall–Kier alpha value is -6.76. The third kappa shape index (κ3) is 12.9. The van der Waals surface area contributed by atoms with E-state index in [0.29, 0.717) is 80.3 Å². The molecular weight excluding hydrogens is 951 g/mol. The Morgan fingerprint density at radius 1 is 0.581 bits per heavy atom. The number of pyridine rings is 2. The number of halogens is 2. The number of carbonyl (C=O) groups excluding carboxylic acids is 4. The van der Waals surface area contributed by atoms with Gasteiger partial charge in [0.15, 0.2) is 0 Å². The van der Waals surface area contributed by atoms with E-state index in [9.17, 15) is 28.0 Å². The van der Waals surface area contributed by atoms with Gasteiger partial charge in [0.25, 0.3) is 23.5 Å². The highest BCUT2D eigenvalue weighted by atomic mass is 19.1. The van der Waals surface area contributed by atoms with E-state index < -0.39 is 11.7 Å². The summed E-state index contributed by atoms with van der Waals surface area (Å²) >= 11 is 0. The number of piperidine rings is 2. The molecule has 0 unspecified atom stereocenters. The molecule has 2 aromatic carbocycles. The number of hydrogen-bond acceptors (Lipinski definition) is 11. The Labute approximate surface area is 430 Å². The number of aromatic nitrogens is 4. The number of nitrogens with zero attached hydrogens (tertiary/aromatic N) is 7. The highest BCUT2D eigenvalue weighted by molar-refractivity contribution is 6.45. The first-order valence-corrected chi connectivity index (χ1v) is 25.7. The zero-order valence-corrected chi connectivity index (χ0v) is 43.0. The van der Waals surface area contributed by atoms with Gasteiger partial charge in [-0.25, -0.2) is 8.78 Å². The van der Waals surface area contributed by atoms with Gasteiger partial charge in [0.2, 0.25) is 11.8 Å². The van der Waals surface area contributed by atoms with Gasteiger partial charge >= 0.3 is 0 Å². The van der Waals surface area contributed by atoms with Gasteiger partial charge in [-0.3, -0.25) is 19.2 Å². The summed E-state index contributed by atoms with van der Waals surface area (Å²) in [6.45, 7) is 6.64. The number of ketones is 1.